The summed E-state index contributed by atoms with van der Waals surface area (Å²) in [5.41, 5.74) is -0.451. The van der Waals surface area contributed by atoms with E-state index in [1.165, 1.54) is 11.0 Å². The van der Waals surface area contributed by atoms with E-state index < -0.39 is 23.4 Å². The number of para-hydroxylation sites is 1. The van der Waals surface area contributed by atoms with Crippen molar-refractivity contribution in [3.05, 3.63) is 48.3 Å². The molecule has 8 heteroatoms. The molecule has 1 aliphatic heterocycles. The zero-order valence-electron chi connectivity index (χ0n) is 12.1. The normalized spacial score (nSPS) is 17.1. The number of rotatable bonds is 3. The summed E-state index contributed by atoms with van der Waals surface area (Å²) in [5, 5.41) is 2.26. The van der Waals surface area contributed by atoms with Crippen LogP contribution in [-0.4, -0.2) is 40.1 Å². The molecule has 0 spiro atoms. The molecule has 2 heterocycles. The van der Waals surface area contributed by atoms with Gasteiger partial charge in [-0.15, -0.1) is 0 Å². The Morgan fingerprint density at radius 2 is 1.91 bits per heavy atom. The van der Waals surface area contributed by atoms with Gasteiger partial charge in [0.15, 0.2) is 0 Å². The first-order valence-corrected chi connectivity index (χ1v) is 7.07. The number of halogens is 2. The second kappa shape index (κ2) is 6.55. The number of ether oxygens (including phenoxy) is 1. The highest BCUT2D eigenvalue weighted by atomic mass is 19.1. The van der Waals surface area contributed by atoms with Crippen molar-refractivity contribution in [2.45, 2.75) is 12.5 Å². The van der Waals surface area contributed by atoms with Crippen molar-refractivity contribution in [2.75, 3.05) is 18.4 Å². The monoisotopic (exact) mass is 320 g/mol. The second-order valence-electron chi connectivity index (χ2n) is 5.03. The van der Waals surface area contributed by atoms with E-state index in [0.29, 0.717) is 19.5 Å². The van der Waals surface area contributed by atoms with Crippen molar-refractivity contribution >= 4 is 11.7 Å². The Morgan fingerprint density at radius 1 is 1.22 bits per heavy atom. The molecule has 0 radical (unpaired) electrons. The number of anilines is 1. The minimum absolute atomic E-state index is 0.236. The van der Waals surface area contributed by atoms with Crippen molar-refractivity contribution in [1.29, 1.82) is 0 Å². The number of aromatic nitrogens is 2. The summed E-state index contributed by atoms with van der Waals surface area (Å²) in [6.45, 7) is 0.708. The van der Waals surface area contributed by atoms with Crippen LogP contribution in [0.4, 0.5) is 19.3 Å². The average molecular weight is 320 g/mol. The molecule has 1 unspecified atom stereocenters. The maximum Gasteiger partial charge on any atom is 0.322 e. The summed E-state index contributed by atoms with van der Waals surface area (Å²) in [4.78, 5) is 21.4. The molecule has 120 valence electrons. The van der Waals surface area contributed by atoms with Gasteiger partial charge in [0.1, 0.15) is 23.4 Å². The van der Waals surface area contributed by atoms with E-state index >= 15 is 0 Å². The largest absolute Gasteiger partial charge is 0.458 e. The topological polar surface area (TPSA) is 67.4 Å². The van der Waals surface area contributed by atoms with Crippen LogP contribution in [0, 0.1) is 11.6 Å². The van der Waals surface area contributed by atoms with Gasteiger partial charge in [0, 0.05) is 25.4 Å². The molecule has 0 aliphatic carbocycles. The van der Waals surface area contributed by atoms with E-state index in [4.69, 9.17) is 4.74 Å². The lowest BCUT2D eigenvalue weighted by molar-refractivity contribution is 0.184. The predicted molar refractivity (Wildman–Crippen MR) is 78.0 cm³/mol. The number of nitrogens with zero attached hydrogens (tertiary/aromatic N) is 3. The van der Waals surface area contributed by atoms with Gasteiger partial charge in [-0.2, -0.15) is 0 Å². The third-order valence-corrected chi connectivity index (χ3v) is 3.44. The van der Waals surface area contributed by atoms with Gasteiger partial charge >= 0.3 is 12.0 Å². The third kappa shape index (κ3) is 3.53. The summed E-state index contributed by atoms with van der Waals surface area (Å²) < 4.78 is 32.7. The van der Waals surface area contributed by atoms with Crippen LogP contribution in [0.25, 0.3) is 0 Å². The van der Waals surface area contributed by atoms with Crippen molar-refractivity contribution < 1.29 is 18.3 Å². The standard InChI is InChI=1S/C15H14F2N4O2/c16-11-3-1-4-12(17)13(11)20-15(22)21-8-5-10(9-21)23-14-18-6-2-7-19-14/h1-4,6-7,10H,5,8-9H2,(H,20,22). The van der Waals surface area contributed by atoms with Gasteiger partial charge in [-0.05, 0) is 18.2 Å². The molecule has 23 heavy (non-hydrogen) atoms. The molecule has 0 saturated carbocycles. The lowest BCUT2D eigenvalue weighted by atomic mass is 10.3. The van der Waals surface area contributed by atoms with E-state index in [9.17, 15) is 13.6 Å². The quantitative estimate of drug-likeness (QED) is 0.943. The number of nitrogens with one attached hydrogen (secondary N) is 1. The molecule has 1 fully saturated rings. The zero-order valence-corrected chi connectivity index (χ0v) is 12.1. The predicted octanol–water partition coefficient (Wildman–Crippen LogP) is 2.44. The molecule has 1 aliphatic rings. The number of hydrogen-bond donors (Lipinski definition) is 1. The molecule has 3 rings (SSSR count). The van der Waals surface area contributed by atoms with Gasteiger partial charge in [0.05, 0.1) is 6.54 Å². The smallest absolute Gasteiger partial charge is 0.322 e. The minimum atomic E-state index is -0.817. The molecule has 1 aromatic heterocycles. The third-order valence-electron chi connectivity index (χ3n) is 3.44. The van der Waals surface area contributed by atoms with Crippen LogP contribution >= 0.6 is 0 Å². The maximum absolute atomic E-state index is 13.5. The Kier molecular flexibility index (Phi) is 4.31. The van der Waals surface area contributed by atoms with Crippen LogP contribution in [0.1, 0.15) is 6.42 Å². The van der Waals surface area contributed by atoms with E-state index in [1.807, 2.05) is 0 Å². The van der Waals surface area contributed by atoms with Gasteiger partial charge < -0.3 is 15.0 Å². The average Bonchev–Trinajstić information content (AvgIpc) is 3.00. The van der Waals surface area contributed by atoms with Crippen LogP contribution < -0.4 is 10.1 Å². The Bertz CT molecular complexity index is 679. The van der Waals surface area contributed by atoms with Crippen LogP contribution in [0.5, 0.6) is 6.01 Å². The fourth-order valence-electron chi connectivity index (χ4n) is 2.31. The highest BCUT2D eigenvalue weighted by Gasteiger charge is 2.29. The zero-order chi connectivity index (χ0) is 16.2. The van der Waals surface area contributed by atoms with Crippen LogP contribution in [-0.2, 0) is 0 Å². The van der Waals surface area contributed by atoms with Crippen molar-refractivity contribution in [3.8, 4) is 6.01 Å². The van der Waals surface area contributed by atoms with Crippen LogP contribution in [0.15, 0.2) is 36.7 Å². The summed E-state index contributed by atoms with van der Waals surface area (Å²) in [7, 11) is 0. The highest BCUT2D eigenvalue weighted by molar-refractivity contribution is 5.89. The van der Waals surface area contributed by atoms with Crippen LogP contribution in [0.2, 0.25) is 0 Å². The van der Waals surface area contributed by atoms with E-state index in [2.05, 4.69) is 15.3 Å². The number of amides is 2. The molecule has 1 atom stereocenters. The summed E-state index contributed by atoms with van der Waals surface area (Å²) >= 11 is 0. The maximum atomic E-state index is 13.5. The molecular formula is C15H14F2N4O2. The fourth-order valence-corrected chi connectivity index (χ4v) is 2.31. The first kappa shape index (κ1) is 15.1. The molecular weight excluding hydrogens is 306 g/mol. The van der Waals surface area contributed by atoms with Gasteiger partial charge in [0.2, 0.25) is 0 Å². The fraction of sp³-hybridized carbons (Fsp3) is 0.267. The lowest BCUT2D eigenvalue weighted by Crippen LogP contribution is -2.35. The summed E-state index contributed by atoms with van der Waals surface area (Å²) in [6.07, 6.45) is 3.45. The van der Waals surface area contributed by atoms with Crippen LogP contribution in [0.3, 0.4) is 0 Å². The molecule has 1 aromatic carbocycles. The Hall–Kier alpha value is -2.77. The molecule has 2 amide bonds. The number of carbonyl (C=O) groups excluding carboxylic acids is 1. The summed E-state index contributed by atoms with van der Waals surface area (Å²) in [5.74, 6) is -1.63. The molecule has 2 aromatic rings. The Morgan fingerprint density at radius 3 is 2.61 bits per heavy atom. The molecule has 6 nitrogen and oxygen atoms in total. The number of urea groups is 1. The van der Waals surface area contributed by atoms with Crippen molar-refractivity contribution in [3.63, 3.8) is 0 Å². The first-order valence-electron chi connectivity index (χ1n) is 7.07. The Balaban J connectivity index is 1.59. The van der Waals surface area contributed by atoms with Crippen molar-refractivity contribution in [1.82, 2.24) is 14.9 Å². The van der Waals surface area contributed by atoms with Gasteiger partial charge in [-0.3, -0.25) is 0 Å². The van der Waals surface area contributed by atoms with Gasteiger partial charge in [0.25, 0.3) is 0 Å². The van der Waals surface area contributed by atoms with Gasteiger partial charge in [-0.25, -0.2) is 23.5 Å². The second-order valence-corrected chi connectivity index (χ2v) is 5.03. The first-order chi connectivity index (χ1) is 11.1. The number of hydrogen-bond acceptors (Lipinski definition) is 4. The minimum Gasteiger partial charge on any atom is -0.458 e. The van der Waals surface area contributed by atoms with E-state index in [1.54, 1.807) is 18.5 Å². The summed E-state index contributed by atoms with van der Waals surface area (Å²) in [6, 6.07) is 4.74. The Labute approximate surface area is 131 Å². The highest BCUT2D eigenvalue weighted by Crippen LogP contribution is 2.20. The number of benzene rings is 1. The van der Waals surface area contributed by atoms with Gasteiger partial charge in [-0.1, -0.05) is 6.07 Å². The number of carbonyl (C=O) groups is 1. The lowest BCUT2D eigenvalue weighted by Gasteiger charge is -2.18. The molecule has 1 saturated heterocycles. The number of likely N-dealkylation sites (tertiary alicyclic amines) is 1. The van der Waals surface area contributed by atoms with Crippen molar-refractivity contribution in [2.24, 2.45) is 0 Å². The SMILES string of the molecule is O=C(Nc1c(F)cccc1F)N1CCC(Oc2ncccn2)C1. The van der Waals surface area contributed by atoms with E-state index in [0.717, 1.165) is 12.1 Å². The molecule has 1 N–H and O–H groups in total. The van der Waals surface area contributed by atoms with E-state index in [-0.39, 0.29) is 12.1 Å². The molecule has 0 bridgehead atoms.